The molecular formula is C8H15N3O. The Labute approximate surface area is 72.0 Å². The highest BCUT2D eigenvalue weighted by Crippen LogP contribution is 2.04. The molecule has 12 heavy (non-hydrogen) atoms. The number of rotatable bonds is 1. The quantitative estimate of drug-likeness (QED) is 0.437. The topological polar surface area (TPSA) is 98.3 Å². The molecule has 0 heterocycles. The van der Waals surface area contributed by atoms with Gasteiger partial charge in [-0.2, -0.15) is 0 Å². The lowest BCUT2D eigenvalue weighted by Gasteiger charge is -1.90. The molecule has 0 aromatic heterocycles. The molecule has 0 bridgehead atoms. The molecule has 7 N–H and O–H groups in total. The molecule has 0 aliphatic rings. The summed E-state index contributed by atoms with van der Waals surface area (Å²) in [6, 6.07) is 7.09. The minimum absolute atomic E-state index is 0.0972. The van der Waals surface area contributed by atoms with Crippen molar-refractivity contribution in [1.29, 1.82) is 0 Å². The first-order valence-corrected chi connectivity index (χ1v) is 3.62. The monoisotopic (exact) mass is 169 g/mol. The van der Waals surface area contributed by atoms with Gasteiger partial charge in [-0.25, -0.2) is 0 Å². The lowest BCUT2D eigenvalue weighted by Crippen LogP contribution is -2.02. The van der Waals surface area contributed by atoms with Crippen LogP contribution in [0.4, 0.5) is 11.4 Å². The van der Waals surface area contributed by atoms with Crippen LogP contribution in [-0.2, 0) is 0 Å². The van der Waals surface area contributed by atoms with Crippen molar-refractivity contribution in [2.45, 2.75) is 0 Å². The zero-order chi connectivity index (χ0) is 9.40. The van der Waals surface area contributed by atoms with Gasteiger partial charge in [-0.05, 0) is 24.3 Å². The molecule has 4 nitrogen and oxygen atoms in total. The number of nitrogen functional groups attached to an aromatic ring is 2. The fourth-order valence-corrected chi connectivity index (χ4v) is 0.496. The molecule has 0 radical (unpaired) electrons. The molecule has 1 aromatic rings. The standard InChI is InChI=1S/C6H8N2.C2H7NO/c7-5-1-2-6(8)4-3-5;3-1-2-4/h1-4H,7-8H2;4H,1-3H2. The predicted molar refractivity (Wildman–Crippen MR) is 51.4 cm³/mol. The van der Waals surface area contributed by atoms with E-state index in [-0.39, 0.29) is 6.61 Å². The van der Waals surface area contributed by atoms with Crippen LogP contribution < -0.4 is 17.2 Å². The van der Waals surface area contributed by atoms with Crippen LogP contribution in [-0.4, -0.2) is 18.3 Å². The number of nitrogens with two attached hydrogens (primary N) is 3. The third-order valence-corrected chi connectivity index (χ3v) is 1.07. The van der Waals surface area contributed by atoms with Gasteiger partial charge in [0, 0.05) is 17.9 Å². The largest absolute Gasteiger partial charge is 0.399 e. The second kappa shape index (κ2) is 6.45. The van der Waals surface area contributed by atoms with Gasteiger partial charge in [-0.1, -0.05) is 0 Å². The van der Waals surface area contributed by atoms with E-state index in [9.17, 15) is 0 Å². The number of benzene rings is 1. The Bertz CT molecular complexity index is 175. The lowest BCUT2D eigenvalue weighted by molar-refractivity contribution is 0.306. The summed E-state index contributed by atoms with van der Waals surface area (Å²) in [4.78, 5) is 0. The first kappa shape index (κ1) is 10.7. The van der Waals surface area contributed by atoms with Crippen LogP contribution in [0.3, 0.4) is 0 Å². The van der Waals surface area contributed by atoms with Crippen LogP contribution in [0.5, 0.6) is 0 Å². The summed E-state index contributed by atoms with van der Waals surface area (Å²) in [7, 11) is 0. The van der Waals surface area contributed by atoms with Crippen LogP contribution in [0.2, 0.25) is 0 Å². The molecule has 0 amide bonds. The normalized spacial score (nSPS) is 8.50. The van der Waals surface area contributed by atoms with E-state index in [0.717, 1.165) is 11.4 Å². The van der Waals surface area contributed by atoms with Crippen molar-refractivity contribution in [3.05, 3.63) is 24.3 Å². The maximum atomic E-state index is 7.75. The maximum absolute atomic E-state index is 7.75. The summed E-state index contributed by atoms with van der Waals surface area (Å²) in [5.74, 6) is 0. The van der Waals surface area contributed by atoms with Gasteiger partial charge in [-0.15, -0.1) is 0 Å². The van der Waals surface area contributed by atoms with Crippen LogP contribution in [0.1, 0.15) is 0 Å². The van der Waals surface area contributed by atoms with Crippen molar-refractivity contribution in [3.63, 3.8) is 0 Å². The van der Waals surface area contributed by atoms with Crippen LogP contribution in [0.15, 0.2) is 24.3 Å². The maximum Gasteiger partial charge on any atom is 0.0553 e. The van der Waals surface area contributed by atoms with Gasteiger partial charge in [0.2, 0.25) is 0 Å². The van der Waals surface area contributed by atoms with Crippen molar-refractivity contribution >= 4 is 11.4 Å². The molecule has 0 atom stereocenters. The fourth-order valence-electron chi connectivity index (χ4n) is 0.496. The van der Waals surface area contributed by atoms with Crippen molar-refractivity contribution in [1.82, 2.24) is 0 Å². The summed E-state index contributed by atoms with van der Waals surface area (Å²) in [5.41, 5.74) is 17.0. The van der Waals surface area contributed by atoms with E-state index in [2.05, 4.69) is 0 Å². The Morgan fingerprint density at radius 2 is 1.25 bits per heavy atom. The minimum Gasteiger partial charge on any atom is -0.399 e. The summed E-state index contributed by atoms with van der Waals surface area (Å²) in [6.07, 6.45) is 0. The van der Waals surface area contributed by atoms with Gasteiger partial charge in [0.15, 0.2) is 0 Å². The average Bonchev–Trinajstić information content (AvgIpc) is 2.11. The molecule has 0 fully saturated rings. The Balaban J connectivity index is 0.000000261. The van der Waals surface area contributed by atoms with Crippen LogP contribution in [0.25, 0.3) is 0 Å². The number of hydrogen-bond donors (Lipinski definition) is 4. The zero-order valence-electron chi connectivity index (χ0n) is 6.90. The summed E-state index contributed by atoms with van der Waals surface area (Å²) < 4.78 is 0. The van der Waals surface area contributed by atoms with Gasteiger partial charge in [0.1, 0.15) is 0 Å². The lowest BCUT2D eigenvalue weighted by atomic mass is 10.3. The van der Waals surface area contributed by atoms with Crippen LogP contribution >= 0.6 is 0 Å². The molecule has 68 valence electrons. The number of aliphatic hydroxyl groups excluding tert-OH is 1. The van der Waals surface area contributed by atoms with Crippen LogP contribution in [0, 0.1) is 0 Å². The van der Waals surface area contributed by atoms with Crippen molar-refractivity contribution in [2.24, 2.45) is 5.73 Å². The minimum atomic E-state index is 0.0972. The molecule has 0 saturated heterocycles. The van der Waals surface area contributed by atoms with Crippen molar-refractivity contribution < 1.29 is 5.11 Å². The Kier molecular flexibility index (Phi) is 5.77. The molecule has 0 unspecified atom stereocenters. The molecule has 0 aliphatic heterocycles. The van der Waals surface area contributed by atoms with Gasteiger partial charge in [0.25, 0.3) is 0 Å². The van der Waals surface area contributed by atoms with Crippen molar-refractivity contribution in [2.75, 3.05) is 24.6 Å². The second-order valence-electron chi connectivity index (χ2n) is 2.18. The third-order valence-electron chi connectivity index (χ3n) is 1.07. The SMILES string of the molecule is NCCO.Nc1ccc(N)cc1. The fraction of sp³-hybridized carbons (Fsp3) is 0.250. The highest BCUT2D eigenvalue weighted by Gasteiger charge is 1.80. The third kappa shape index (κ3) is 5.52. The van der Waals surface area contributed by atoms with Crippen molar-refractivity contribution in [3.8, 4) is 0 Å². The Morgan fingerprint density at radius 1 is 1.00 bits per heavy atom. The number of aliphatic hydroxyl groups is 1. The van der Waals surface area contributed by atoms with E-state index in [1.54, 1.807) is 24.3 Å². The molecule has 0 spiro atoms. The number of anilines is 2. The highest BCUT2D eigenvalue weighted by molar-refractivity contribution is 5.47. The smallest absolute Gasteiger partial charge is 0.0553 e. The molecular weight excluding hydrogens is 154 g/mol. The first-order chi connectivity index (χ1) is 5.70. The van der Waals surface area contributed by atoms with E-state index in [4.69, 9.17) is 22.3 Å². The molecule has 1 rings (SSSR count). The summed E-state index contributed by atoms with van der Waals surface area (Å²) in [5, 5.41) is 7.75. The van der Waals surface area contributed by atoms with Gasteiger partial charge < -0.3 is 22.3 Å². The molecule has 0 aliphatic carbocycles. The summed E-state index contributed by atoms with van der Waals surface area (Å²) in [6.45, 7) is 0.472. The van der Waals surface area contributed by atoms with Gasteiger partial charge >= 0.3 is 0 Å². The van der Waals surface area contributed by atoms with E-state index in [1.165, 1.54) is 0 Å². The highest BCUT2D eigenvalue weighted by atomic mass is 16.3. The van der Waals surface area contributed by atoms with E-state index in [0.29, 0.717) is 6.54 Å². The molecule has 0 saturated carbocycles. The molecule has 4 heteroatoms. The van der Waals surface area contributed by atoms with Gasteiger partial charge in [0.05, 0.1) is 6.61 Å². The first-order valence-electron chi connectivity index (χ1n) is 3.62. The number of hydrogen-bond acceptors (Lipinski definition) is 4. The average molecular weight is 169 g/mol. The Morgan fingerprint density at radius 3 is 1.42 bits per heavy atom. The zero-order valence-corrected chi connectivity index (χ0v) is 6.90. The van der Waals surface area contributed by atoms with E-state index >= 15 is 0 Å². The van der Waals surface area contributed by atoms with E-state index in [1.807, 2.05) is 0 Å². The summed E-state index contributed by atoms with van der Waals surface area (Å²) >= 11 is 0. The molecule has 1 aromatic carbocycles. The Hall–Kier alpha value is -1.26. The van der Waals surface area contributed by atoms with Gasteiger partial charge in [-0.3, -0.25) is 0 Å². The second-order valence-corrected chi connectivity index (χ2v) is 2.18. The van der Waals surface area contributed by atoms with E-state index < -0.39 is 0 Å². The predicted octanol–water partition coefficient (Wildman–Crippen LogP) is -0.212.